The van der Waals surface area contributed by atoms with E-state index in [-0.39, 0.29) is 17.2 Å². The molecule has 19 heavy (non-hydrogen) atoms. The van der Waals surface area contributed by atoms with Crippen molar-refractivity contribution in [1.82, 2.24) is 0 Å². The van der Waals surface area contributed by atoms with E-state index in [1.165, 1.54) is 12.1 Å². The molecule has 0 aromatic heterocycles. The minimum atomic E-state index is -0.0299. The molecule has 0 fully saturated rings. The lowest BCUT2D eigenvalue weighted by atomic mass is 9.96. The standard InChI is InChI=1S/C15H12O4/c16-11-3-1-9(2-4-11)10-5-13-14(18)6-12(17)7-15(13)19-8-10/h1-4,6-8,16-18H,5H2. The van der Waals surface area contributed by atoms with Crippen molar-refractivity contribution in [3.8, 4) is 23.0 Å². The van der Waals surface area contributed by atoms with E-state index in [4.69, 9.17) is 4.74 Å². The maximum Gasteiger partial charge on any atom is 0.137 e. The van der Waals surface area contributed by atoms with Crippen LogP contribution in [0.1, 0.15) is 11.1 Å². The third-order valence-corrected chi connectivity index (χ3v) is 3.10. The lowest BCUT2D eigenvalue weighted by molar-refractivity contribution is 0.419. The monoisotopic (exact) mass is 256 g/mol. The first kappa shape index (κ1) is 11.5. The van der Waals surface area contributed by atoms with Crippen molar-refractivity contribution in [2.75, 3.05) is 0 Å². The Morgan fingerprint density at radius 2 is 1.63 bits per heavy atom. The number of phenols is 3. The van der Waals surface area contributed by atoms with Crippen LogP contribution in [0.25, 0.3) is 5.57 Å². The molecule has 0 bridgehead atoms. The second-order valence-corrected chi connectivity index (χ2v) is 4.43. The second kappa shape index (κ2) is 4.24. The molecule has 0 atom stereocenters. The number of aromatic hydroxyl groups is 3. The highest BCUT2D eigenvalue weighted by Crippen LogP contribution is 2.39. The smallest absolute Gasteiger partial charge is 0.137 e. The van der Waals surface area contributed by atoms with E-state index in [2.05, 4.69) is 0 Å². The molecule has 1 aliphatic heterocycles. The third kappa shape index (κ3) is 2.08. The first-order valence-electron chi connectivity index (χ1n) is 5.83. The van der Waals surface area contributed by atoms with Crippen LogP contribution in [0.5, 0.6) is 23.0 Å². The van der Waals surface area contributed by atoms with Crippen LogP contribution in [0.2, 0.25) is 0 Å². The van der Waals surface area contributed by atoms with Gasteiger partial charge < -0.3 is 20.1 Å². The Morgan fingerprint density at radius 3 is 2.37 bits per heavy atom. The quantitative estimate of drug-likeness (QED) is 0.733. The van der Waals surface area contributed by atoms with Gasteiger partial charge >= 0.3 is 0 Å². The van der Waals surface area contributed by atoms with Gasteiger partial charge in [-0.05, 0) is 23.3 Å². The van der Waals surface area contributed by atoms with Gasteiger partial charge in [0.05, 0.1) is 6.26 Å². The van der Waals surface area contributed by atoms with Crippen LogP contribution in [-0.2, 0) is 6.42 Å². The molecule has 1 aliphatic rings. The van der Waals surface area contributed by atoms with Gasteiger partial charge in [0.25, 0.3) is 0 Å². The molecule has 0 saturated carbocycles. The van der Waals surface area contributed by atoms with Gasteiger partial charge in [-0.15, -0.1) is 0 Å². The molecule has 2 aromatic rings. The first-order valence-corrected chi connectivity index (χ1v) is 5.83. The van der Waals surface area contributed by atoms with Gasteiger partial charge in [0.1, 0.15) is 23.0 Å². The summed E-state index contributed by atoms with van der Waals surface area (Å²) in [4.78, 5) is 0. The highest BCUT2D eigenvalue weighted by atomic mass is 16.5. The molecule has 2 aromatic carbocycles. The molecule has 0 spiro atoms. The van der Waals surface area contributed by atoms with E-state index in [0.29, 0.717) is 17.7 Å². The van der Waals surface area contributed by atoms with E-state index in [0.717, 1.165) is 11.1 Å². The van der Waals surface area contributed by atoms with Gasteiger partial charge in [0.15, 0.2) is 0 Å². The van der Waals surface area contributed by atoms with Crippen molar-refractivity contribution in [2.45, 2.75) is 6.42 Å². The summed E-state index contributed by atoms with van der Waals surface area (Å²) in [5.74, 6) is 0.645. The first-order chi connectivity index (χ1) is 9.13. The highest BCUT2D eigenvalue weighted by Gasteiger charge is 2.18. The fraction of sp³-hybridized carbons (Fsp3) is 0.0667. The molecule has 3 rings (SSSR count). The summed E-state index contributed by atoms with van der Waals surface area (Å²) in [6.45, 7) is 0. The van der Waals surface area contributed by atoms with E-state index >= 15 is 0 Å². The molecule has 1 heterocycles. The number of allylic oxidation sites excluding steroid dienone is 1. The summed E-state index contributed by atoms with van der Waals surface area (Å²) in [7, 11) is 0. The zero-order valence-corrected chi connectivity index (χ0v) is 10.00. The summed E-state index contributed by atoms with van der Waals surface area (Å²) < 4.78 is 5.44. The van der Waals surface area contributed by atoms with E-state index in [1.54, 1.807) is 30.5 Å². The van der Waals surface area contributed by atoms with E-state index < -0.39 is 0 Å². The molecule has 0 unspecified atom stereocenters. The Labute approximate surface area is 109 Å². The normalized spacial score (nSPS) is 13.4. The molecular weight excluding hydrogens is 244 g/mol. The lowest BCUT2D eigenvalue weighted by Gasteiger charge is -2.19. The van der Waals surface area contributed by atoms with Gasteiger partial charge in [0, 0.05) is 24.1 Å². The average molecular weight is 256 g/mol. The van der Waals surface area contributed by atoms with Gasteiger partial charge in [0.2, 0.25) is 0 Å². The molecule has 4 heteroatoms. The van der Waals surface area contributed by atoms with Crippen LogP contribution in [0, 0.1) is 0 Å². The molecule has 0 aliphatic carbocycles. The molecule has 4 nitrogen and oxygen atoms in total. The Morgan fingerprint density at radius 1 is 0.895 bits per heavy atom. The molecule has 0 radical (unpaired) electrons. The molecule has 0 saturated heterocycles. The van der Waals surface area contributed by atoms with Crippen molar-refractivity contribution in [2.24, 2.45) is 0 Å². The van der Waals surface area contributed by atoms with Crippen molar-refractivity contribution in [3.63, 3.8) is 0 Å². The minimum Gasteiger partial charge on any atom is -0.508 e. The van der Waals surface area contributed by atoms with Gasteiger partial charge in [-0.1, -0.05) is 12.1 Å². The predicted molar refractivity (Wildman–Crippen MR) is 70.2 cm³/mol. The van der Waals surface area contributed by atoms with Crippen molar-refractivity contribution in [1.29, 1.82) is 0 Å². The summed E-state index contributed by atoms with van der Waals surface area (Å²) >= 11 is 0. The average Bonchev–Trinajstić information content (AvgIpc) is 2.39. The van der Waals surface area contributed by atoms with Gasteiger partial charge in [-0.2, -0.15) is 0 Å². The van der Waals surface area contributed by atoms with Crippen LogP contribution in [-0.4, -0.2) is 15.3 Å². The van der Waals surface area contributed by atoms with Crippen LogP contribution in [0.4, 0.5) is 0 Å². The van der Waals surface area contributed by atoms with Crippen molar-refractivity contribution in [3.05, 3.63) is 53.8 Å². The number of ether oxygens (including phenoxy) is 1. The maximum absolute atomic E-state index is 9.84. The minimum absolute atomic E-state index is 0.0133. The fourth-order valence-corrected chi connectivity index (χ4v) is 2.11. The Kier molecular flexibility index (Phi) is 2.56. The van der Waals surface area contributed by atoms with E-state index in [9.17, 15) is 15.3 Å². The van der Waals surface area contributed by atoms with Crippen LogP contribution in [0.3, 0.4) is 0 Å². The molecule has 3 N–H and O–H groups in total. The molecular formula is C15H12O4. The number of benzene rings is 2. The Balaban J connectivity index is 1.97. The second-order valence-electron chi connectivity index (χ2n) is 4.43. The van der Waals surface area contributed by atoms with Gasteiger partial charge in [-0.3, -0.25) is 0 Å². The number of rotatable bonds is 1. The molecule has 0 amide bonds. The van der Waals surface area contributed by atoms with Crippen LogP contribution < -0.4 is 4.74 Å². The predicted octanol–water partition coefficient (Wildman–Crippen LogP) is 2.78. The van der Waals surface area contributed by atoms with Crippen LogP contribution >= 0.6 is 0 Å². The summed E-state index contributed by atoms with van der Waals surface area (Å²) in [6.07, 6.45) is 2.10. The van der Waals surface area contributed by atoms with Crippen molar-refractivity contribution < 1.29 is 20.1 Å². The zero-order valence-electron chi connectivity index (χ0n) is 10.00. The number of hydrogen-bond acceptors (Lipinski definition) is 4. The topological polar surface area (TPSA) is 69.9 Å². The summed E-state index contributed by atoms with van der Waals surface area (Å²) in [6, 6.07) is 9.53. The zero-order chi connectivity index (χ0) is 13.4. The maximum atomic E-state index is 9.84. The lowest BCUT2D eigenvalue weighted by Crippen LogP contribution is -2.02. The number of fused-ring (bicyclic) bond motifs is 1. The van der Waals surface area contributed by atoms with Gasteiger partial charge in [-0.25, -0.2) is 0 Å². The third-order valence-electron chi connectivity index (χ3n) is 3.10. The fourth-order valence-electron chi connectivity index (χ4n) is 2.11. The van der Waals surface area contributed by atoms with Crippen LogP contribution in [0.15, 0.2) is 42.7 Å². The number of phenolic OH excluding ortho intramolecular Hbond substituents is 3. The SMILES string of the molecule is Oc1ccc(C2=COc3cc(O)cc(O)c3C2)cc1. The summed E-state index contributed by atoms with van der Waals surface area (Å²) in [5, 5.41) is 28.5. The molecule has 96 valence electrons. The largest absolute Gasteiger partial charge is 0.508 e. The summed E-state index contributed by atoms with van der Waals surface area (Å²) in [5.41, 5.74) is 2.45. The highest BCUT2D eigenvalue weighted by molar-refractivity contribution is 5.72. The Hall–Kier alpha value is -2.62. The van der Waals surface area contributed by atoms with E-state index in [1.807, 2.05) is 0 Å². The van der Waals surface area contributed by atoms with Crippen molar-refractivity contribution >= 4 is 5.57 Å². The Bertz CT molecular complexity index is 657. The number of hydrogen-bond donors (Lipinski definition) is 3.